The third kappa shape index (κ3) is 2.80. The molecule has 1 heterocycles. The molecule has 4 heteroatoms. The number of fused-ring (bicyclic) bond motifs is 1. The van der Waals surface area contributed by atoms with Crippen molar-refractivity contribution in [2.45, 2.75) is 50.7 Å². The van der Waals surface area contributed by atoms with Crippen LogP contribution in [0.15, 0.2) is 18.2 Å². The summed E-state index contributed by atoms with van der Waals surface area (Å²) < 4.78 is 5.89. The number of nitrogens with two attached hydrogens (primary N) is 1. The standard InChI is InChI=1S/C16H22N2O2/c17-14-5-3-4-11-7-8-12(10-13(11)14)20-15-6-1-2-9-18-16(15)19/h7-8,10,14-15H,1-6,9,17H2,(H,18,19)/t14-,15?/m0/s1. The molecule has 1 aliphatic carbocycles. The van der Waals surface area contributed by atoms with Gasteiger partial charge >= 0.3 is 0 Å². The van der Waals surface area contributed by atoms with E-state index in [1.165, 1.54) is 11.1 Å². The molecule has 1 aromatic rings. The Labute approximate surface area is 119 Å². The molecule has 4 nitrogen and oxygen atoms in total. The predicted octanol–water partition coefficient (Wildman–Crippen LogP) is 2.07. The van der Waals surface area contributed by atoms with Crippen molar-refractivity contribution in [3.8, 4) is 5.75 Å². The molecule has 1 unspecified atom stereocenters. The first-order valence-electron chi connectivity index (χ1n) is 7.57. The highest BCUT2D eigenvalue weighted by atomic mass is 16.5. The molecule has 0 aromatic heterocycles. The molecule has 0 bridgehead atoms. The summed E-state index contributed by atoms with van der Waals surface area (Å²) >= 11 is 0. The first-order valence-corrected chi connectivity index (χ1v) is 7.57. The normalized spacial score (nSPS) is 26.4. The molecule has 1 amide bonds. The maximum absolute atomic E-state index is 11.9. The Kier molecular flexibility index (Phi) is 3.92. The maximum atomic E-state index is 11.9. The van der Waals surface area contributed by atoms with Crippen molar-refractivity contribution in [3.05, 3.63) is 29.3 Å². The minimum absolute atomic E-state index is 0.00418. The van der Waals surface area contributed by atoms with Gasteiger partial charge in [-0.3, -0.25) is 4.79 Å². The van der Waals surface area contributed by atoms with Gasteiger partial charge in [0.25, 0.3) is 5.91 Å². The maximum Gasteiger partial charge on any atom is 0.261 e. The Morgan fingerprint density at radius 2 is 2.10 bits per heavy atom. The second kappa shape index (κ2) is 5.83. The van der Waals surface area contributed by atoms with Crippen molar-refractivity contribution in [2.24, 2.45) is 5.73 Å². The molecule has 1 aliphatic heterocycles. The largest absolute Gasteiger partial charge is 0.481 e. The van der Waals surface area contributed by atoms with E-state index in [2.05, 4.69) is 11.4 Å². The van der Waals surface area contributed by atoms with E-state index in [4.69, 9.17) is 10.5 Å². The zero-order valence-electron chi connectivity index (χ0n) is 11.7. The summed E-state index contributed by atoms with van der Waals surface area (Å²) in [5.41, 5.74) is 8.67. The Hall–Kier alpha value is -1.55. The van der Waals surface area contributed by atoms with Crippen LogP contribution in [-0.4, -0.2) is 18.6 Å². The van der Waals surface area contributed by atoms with Crippen molar-refractivity contribution >= 4 is 5.91 Å². The summed E-state index contributed by atoms with van der Waals surface area (Å²) in [7, 11) is 0. The number of hydrogen-bond acceptors (Lipinski definition) is 3. The lowest BCUT2D eigenvalue weighted by Gasteiger charge is -2.24. The van der Waals surface area contributed by atoms with Gasteiger partial charge in [0.2, 0.25) is 0 Å². The minimum Gasteiger partial charge on any atom is -0.481 e. The van der Waals surface area contributed by atoms with Gasteiger partial charge in [0.05, 0.1) is 0 Å². The molecule has 0 radical (unpaired) electrons. The van der Waals surface area contributed by atoms with Crippen LogP contribution in [0.2, 0.25) is 0 Å². The molecule has 20 heavy (non-hydrogen) atoms. The van der Waals surface area contributed by atoms with Gasteiger partial charge < -0.3 is 15.8 Å². The second-order valence-corrected chi connectivity index (χ2v) is 5.75. The Morgan fingerprint density at radius 3 is 3.00 bits per heavy atom. The zero-order valence-corrected chi connectivity index (χ0v) is 11.7. The Bertz CT molecular complexity index is 501. The predicted molar refractivity (Wildman–Crippen MR) is 77.6 cm³/mol. The van der Waals surface area contributed by atoms with Crippen LogP contribution in [0.5, 0.6) is 5.75 Å². The van der Waals surface area contributed by atoms with Crippen LogP contribution < -0.4 is 15.8 Å². The van der Waals surface area contributed by atoms with Gasteiger partial charge in [-0.25, -0.2) is 0 Å². The lowest BCUT2D eigenvalue weighted by atomic mass is 9.88. The number of benzene rings is 1. The Balaban J connectivity index is 1.77. The third-order valence-corrected chi connectivity index (χ3v) is 4.24. The summed E-state index contributed by atoms with van der Waals surface area (Å²) in [5.74, 6) is 0.771. The van der Waals surface area contributed by atoms with Crippen LogP contribution in [0.3, 0.4) is 0 Å². The number of aryl methyl sites for hydroxylation is 1. The number of amides is 1. The number of nitrogens with one attached hydrogen (secondary N) is 1. The first kappa shape index (κ1) is 13.4. The topological polar surface area (TPSA) is 64.3 Å². The van der Waals surface area contributed by atoms with Gasteiger partial charge in [-0.05, 0) is 61.8 Å². The highest BCUT2D eigenvalue weighted by Gasteiger charge is 2.23. The Morgan fingerprint density at radius 1 is 1.20 bits per heavy atom. The van der Waals surface area contributed by atoms with Crippen molar-refractivity contribution in [2.75, 3.05) is 6.54 Å². The molecule has 2 atom stereocenters. The number of ether oxygens (including phenoxy) is 1. The van der Waals surface area contributed by atoms with E-state index < -0.39 is 0 Å². The smallest absolute Gasteiger partial charge is 0.261 e. The summed E-state index contributed by atoms with van der Waals surface area (Å²) in [6, 6.07) is 6.19. The van der Waals surface area contributed by atoms with Gasteiger partial charge in [0, 0.05) is 12.6 Å². The molecule has 3 rings (SSSR count). The van der Waals surface area contributed by atoms with Crippen molar-refractivity contribution in [1.29, 1.82) is 0 Å². The van der Waals surface area contributed by atoms with Gasteiger partial charge in [-0.15, -0.1) is 0 Å². The van der Waals surface area contributed by atoms with E-state index in [1.807, 2.05) is 12.1 Å². The summed E-state index contributed by atoms with van der Waals surface area (Å²) in [5, 5.41) is 2.90. The quantitative estimate of drug-likeness (QED) is 0.867. The highest BCUT2D eigenvalue weighted by Crippen LogP contribution is 2.31. The zero-order chi connectivity index (χ0) is 13.9. The number of carbonyl (C=O) groups excluding carboxylic acids is 1. The monoisotopic (exact) mass is 274 g/mol. The minimum atomic E-state index is -0.365. The third-order valence-electron chi connectivity index (χ3n) is 4.24. The van der Waals surface area contributed by atoms with Crippen LogP contribution >= 0.6 is 0 Å². The molecule has 0 saturated carbocycles. The lowest BCUT2D eigenvalue weighted by molar-refractivity contribution is -0.127. The molecule has 1 aromatic carbocycles. The molecule has 1 saturated heterocycles. The molecule has 108 valence electrons. The van der Waals surface area contributed by atoms with E-state index in [-0.39, 0.29) is 18.1 Å². The molecular weight excluding hydrogens is 252 g/mol. The molecule has 2 aliphatic rings. The first-order chi connectivity index (χ1) is 9.74. The fraction of sp³-hybridized carbons (Fsp3) is 0.562. The van der Waals surface area contributed by atoms with Gasteiger partial charge in [0.15, 0.2) is 6.10 Å². The number of hydrogen-bond donors (Lipinski definition) is 2. The molecule has 1 fully saturated rings. The van der Waals surface area contributed by atoms with Gasteiger partial charge in [0.1, 0.15) is 5.75 Å². The van der Waals surface area contributed by atoms with Crippen molar-refractivity contribution in [3.63, 3.8) is 0 Å². The van der Waals surface area contributed by atoms with E-state index in [0.717, 1.165) is 50.8 Å². The number of rotatable bonds is 2. The van der Waals surface area contributed by atoms with Crippen LogP contribution in [0.25, 0.3) is 0 Å². The van der Waals surface area contributed by atoms with E-state index >= 15 is 0 Å². The van der Waals surface area contributed by atoms with E-state index in [0.29, 0.717) is 0 Å². The summed E-state index contributed by atoms with van der Waals surface area (Å²) in [6.45, 7) is 0.758. The molecule has 0 spiro atoms. The van der Waals surface area contributed by atoms with E-state index in [9.17, 15) is 4.79 Å². The van der Waals surface area contributed by atoms with Gasteiger partial charge in [-0.1, -0.05) is 6.07 Å². The van der Waals surface area contributed by atoms with Crippen LogP contribution in [0.1, 0.15) is 49.3 Å². The second-order valence-electron chi connectivity index (χ2n) is 5.75. The number of carbonyl (C=O) groups is 1. The van der Waals surface area contributed by atoms with Gasteiger partial charge in [-0.2, -0.15) is 0 Å². The fourth-order valence-corrected chi connectivity index (χ4v) is 3.08. The van der Waals surface area contributed by atoms with Crippen LogP contribution in [0, 0.1) is 0 Å². The van der Waals surface area contributed by atoms with Crippen molar-refractivity contribution < 1.29 is 9.53 Å². The fourth-order valence-electron chi connectivity index (χ4n) is 3.08. The highest BCUT2D eigenvalue weighted by molar-refractivity contribution is 5.81. The molecular formula is C16H22N2O2. The summed E-state index contributed by atoms with van der Waals surface area (Å²) in [4.78, 5) is 11.9. The van der Waals surface area contributed by atoms with Crippen LogP contribution in [0.4, 0.5) is 0 Å². The molecule has 3 N–H and O–H groups in total. The SMILES string of the molecule is N[C@H]1CCCc2ccc(OC3CCCCNC3=O)cc21. The lowest BCUT2D eigenvalue weighted by Crippen LogP contribution is -2.36. The van der Waals surface area contributed by atoms with Crippen molar-refractivity contribution in [1.82, 2.24) is 5.32 Å². The van der Waals surface area contributed by atoms with Crippen LogP contribution in [-0.2, 0) is 11.2 Å². The average Bonchev–Trinajstić information content (AvgIpc) is 2.65. The summed E-state index contributed by atoms with van der Waals surface area (Å²) in [6.07, 6.45) is 5.74. The van der Waals surface area contributed by atoms with E-state index in [1.54, 1.807) is 0 Å². The average molecular weight is 274 g/mol.